The van der Waals surface area contributed by atoms with Crippen molar-refractivity contribution in [3.05, 3.63) is 30.4 Å². The fourth-order valence-corrected chi connectivity index (χ4v) is 7.03. The number of carbonyl (C=O) groups excluding carboxylic acids is 3. The molecule has 0 aliphatic carbocycles. The van der Waals surface area contributed by atoms with Gasteiger partial charge in [0.2, 0.25) is 29.4 Å². The van der Waals surface area contributed by atoms with Crippen molar-refractivity contribution in [3.8, 4) is 11.4 Å². The maximum atomic E-state index is 13.6. The van der Waals surface area contributed by atoms with Gasteiger partial charge in [-0.2, -0.15) is 4.98 Å². The van der Waals surface area contributed by atoms with Crippen LogP contribution in [0.1, 0.15) is 84.4 Å². The molecule has 5 rings (SSSR count). The van der Waals surface area contributed by atoms with E-state index >= 15 is 0 Å². The summed E-state index contributed by atoms with van der Waals surface area (Å²) < 4.78 is 5.39. The van der Waals surface area contributed by atoms with E-state index in [9.17, 15) is 14.4 Å². The Morgan fingerprint density at radius 3 is 2.81 bits per heavy atom. The first-order valence-corrected chi connectivity index (χ1v) is 15.9. The van der Waals surface area contributed by atoms with Crippen LogP contribution in [0.4, 0.5) is 0 Å². The van der Waals surface area contributed by atoms with Crippen molar-refractivity contribution in [2.45, 2.75) is 97.1 Å². The van der Waals surface area contributed by atoms with Gasteiger partial charge in [-0.3, -0.25) is 19.4 Å². The Balaban J connectivity index is 1.18. The highest BCUT2D eigenvalue weighted by Crippen LogP contribution is 2.37. The van der Waals surface area contributed by atoms with Crippen LogP contribution in [-0.2, 0) is 20.8 Å². The standard InChI is InChI=1S/C32H46N6O4/c1-21(2)26-13-12-22(3)15-31(41)38-19-23-16-25(27(38)8-4-9-28(39)34-26)20-37(18-23)30(40)11-5-10-29-35-32(36-42-29)24-7-6-14-33-17-24/h6-7,14,17,21-23,25-27H,4-5,8-13,15-16,18-20H2,1-3H3,(H,34,39)/t22-,23+,25+,26+,27+/m1/s1. The van der Waals surface area contributed by atoms with Crippen molar-refractivity contribution < 1.29 is 18.9 Å². The number of aryl methyl sites for hydroxylation is 1. The van der Waals surface area contributed by atoms with E-state index in [-0.39, 0.29) is 41.6 Å². The fraction of sp³-hybridized carbons (Fsp3) is 0.688. The molecule has 2 aromatic rings. The first-order chi connectivity index (χ1) is 20.3. The summed E-state index contributed by atoms with van der Waals surface area (Å²) in [7, 11) is 0. The van der Waals surface area contributed by atoms with E-state index in [4.69, 9.17) is 4.52 Å². The minimum absolute atomic E-state index is 0.0790. The maximum Gasteiger partial charge on any atom is 0.226 e. The Morgan fingerprint density at radius 2 is 2.02 bits per heavy atom. The first-order valence-electron chi connectivity index (χ1n) is 15.9. The molecule has 3 amide bonds. The number of fused-ring (bicyclic) bond motifs is 4. The molecule has 5 atom stereocenters. The molecule has 0 saturated carbocycles. The van der Waals surface area contributed by atoms with Crippen LogP contribution in [0.15, 0.2) is 29.0 Å². The highest BCUT2D eigenvalue weighted by Gasteiger charge is 2.43. The smallest absolute Gasteiger partial charge is 0.226 e. The lowest BCUT2D eigenvalue weighted by Crippen LogP contribution is -2.60. The van der Waals surface area contributed by atoms with Crippen molar-refractivity contribution in [3.63, 3.8) is 0 Å². The molecular weight excluding hydrogens is 532 g/mol. The second kappa shape index (κ2) is 13.8. The monoisotopic (exact) mass is 578 g/mol. The number of likely N-dealkylation sites (tertiary alicyclic amines) is 1. The maximum absolute atomic E-state index is 13.6. The van der Waals surface area contributed by atoms with Gasteiger partial charge in [0.25, 0.3) is 0 Å². The highest BCUT2D eigenvalue weighted by atomic mass is 16.5. The zero-order valence-corrected chi connectivity index (χ0v) is 25.3. The number of amides is 3. The minimum Gasteiger partial charge on any atom is -0.353 e. The molecule has 228 valence electrons. The van der Waals surface area contributed by atoms with Gasteiger partial charge in [0.15, 0.2) is 0 Å². The third kappa shape index (κ3) is 7.55. The number of nitrogens with one attached hydrogen (secondary N) is 1. The van der Waals surface area contributed by atoms with Crippen LogP contribution in [-0.4, -0.2) is 74.4 Å². The highest BCUT2D eigenvalue weighted by molar-refractivity contribution is 5.78. The quantitative estimate of drug-likeness (QED) is 0.544. The average Bonchev–Trinajstić information content (AvgIpc) is 3.45. The van der Waals surface area contributed by atoms with Gasteiger partial charge < -0.3 is 19.6 Å². The van der Waals surface area contributed by atoms with Crippen LogP contribution in [0.25, 0.3) is 11.4 Å². The van der Waals surface area contributed by atoms with Gasteiger partial charge in [-0.1, -0.05) is 25.9 Å². The number of carbonyl (C=O) groups is 3. The lowest BCUT2D eigenvalue weighted by atomic mass is 9.77. The predicted molar refractivity (Wildman–Crippen MR) is 158 cm³/mol. The van der Waals surface area contributed by atoms with E-state index < -0.39 is 0 Å². The normalized spacial score (nSPS) is 27.5. The number of hydrogen-bond donors (Lipinski definition) is 1. The van der Waals surface area contributed by atoms with Gasteiger partial charge in [-0.15, -0.1) is 0 Å². The van der Waals surface area contributed by atoms with Crippen LogP contribution in [0, 0.1) is 23.7 Å². The first kappa shape index (κ1) is 30.2. The number of piperidine rings is 2. The predicted octanol–water partition coefficient (Wildman–Crippen LogP) is 4.26. The van der Waals surface area contributed by atoms with Crippen LogP contribution in [0.2, 0.25) is 0 Å². The number of aromatic nitrogens is 3. The molecule has 1 N–H and O–H groups in total. The second-order valence-corrected chi connectivity index (χ2v) is 13.1. The van der Waals surface area contributed by atoms with Crippen LogP contribution in [0.3, 0.4) is 0 Å². The van der Waals surface area contributed by atoms with Gasteiger partial charge >= 0.3 is 0 Å². The molecule has 2 bridgehead atoms. The number of hydrogen-bond acceptors (Lipinski definition) is 7. The molecule has 3 saturated heterocycles. The topological polar surface area (TPSA) is 122 Å². The van der Waals surface area contributed by atoms with Gasteiger partial charge in [-0.05, 0) is 74.3 Å². The molecule has 0 aromatic carbocycles. The van der Waals surface area contributed by atoms with E-state index in [1.54, 1.807) is 12.4 Å². The fourth-order valence-electron chi connectivity index (χ4n) is 7.03. The Labute approximate surface area is 249 Å². The second-order valence-electron chi connectivity index (χ2n) is 13.1. The summed E-state index contributed by atoms with van der Waals surface area (Å²) in [4.78, 5) is 52.4. The zero-order valence-electron chi connectivity index (χ0n) is 25.3. The Morgan fingerprint density at radius 1 is 1.17 bits per heavy atom. The SMILES string of the molecule is CC(C)[C@@H]1CC[C@@H](C)CC(=O)N2C[C@H]3C[C@@H](CN(C(=O)CCCc4nc(-c5cccnc5)no4)C3)[C@@H]2CCCC(=O)N1. The molecule has 10 heteroatoms. The van der Waals surface area contributed by atoms with Gasteiger partial charge in [0.05, 0.1) is 0 Å². The molecule has 3 aliphatic heterocycles. The van der Waals surface area contributed by atoms with Gasteiger partial charge in [0.1, 0.15) is 0 Å². The van der Waals surface area contributed by atoms with Crippen molar-refractivity contribution in [1.82, 2.24) is 30.2 Å². The van der Waals surface area contributed by atoms with Crippen LogP contribution < -0.4 is 5.32 Å². The minimum atomic E-state index is 0.0790. The Bertz CT molecular complexity index is 1220. The van der Waals surface area contributed by atoms with Crippen LogP contribution >= 0.6 is 0 Å². The van der Waals surface area contributed by atoms with Crippen molar-refractivity contribution >= 4 is 17.7 Å². The van der Waals surface area contributed by atoms with E-state index in [0.29, 0.717) is 75.3 Å². The van der Waals surface area contributed by atoms with Crippen LogP contribution in [0.5, 0.6) is 0 Å². The van der Waals surface area contributed by atoms with E-state index in [0.717, 1.165) is 37.7 Å². The van der Waals surface area contributed by atoms with Crippen molar-refractivity contribution in [1.29, 1.82) is 0 Å². The van der Waals surface area contributed by atoms with E-state index in [2.05, 4.69) is 46.1 Å². The summed E-state index contributed by atoms with van der Waals surface area (Å²) in [6.07, 6.45) is 10.4. The van der Waals surface area contributed by atoms with Crippen molar-refractivity contribution in [2.24, 2.45) is 23.7 Å². The number of nitrogens with zero attached hydrogens (tertiary/aromatic N) is 5. The summed E-state index contributed by atoms with van der Waals surface area (Å²) in [6.45, 7) is 8.54. The molecule has 3 fully saturated rings. The molecule has 3 aliphatic rings. The summed E-state index contributed by atoms with van der Waals surface area (Å²) in [5, 5.41) is 7.30. The lowest BCUT2D eigenvalue weighted by Gasteiger charge is -2.51. The molecular formula is C32H46N6O4. The number of pyridine rings is 1. The number of rotatable bonds is 6. The van der Waals surface area contributed by atoms with Gasteiger partial charge in [-0.25, -0.2) is 0 Å². The average molecular weight is 579 g/mol. The summed E-state index contributed by atoms with van der Waals surface area (Å²) in [5.74, 6) is 2.71. The molecule has 42 heavy (non-hydrogen) atoms. The Hall–Kier alpha value is -3.30. The zero-order chi connectivity index (χ0) is 29.6. The van der Waals surface area contributed by atoms with E-state index in [1.807, 2.05) is 17.0 Å². The van der Waals surface area contributed by atoms with Gasteiger partial charge in [0, 0.05) is 75.4 Å². The molecule has 10 nitrogen and oxygen atoms in total. The third-order valence-electron chi connectivity index (χ3n) is 9.36. The Kier molecular flexibility index (Phi) is 9.90. The summed E-state index contributed by atoms with van der Waals surface area (Å²) in [6, 6.07) is 3.94. The molecule has 2 aromatic heterocycles. The molecule has 0 spiro atoms. The summed E-state index contributed by atoms with van der Waals surface area (Å²) >= 11 is 0. The summed E-state index contributed by atoms with van der Waals surface area (Å²) in [5.41, 5.74) is 0.799. The van der Waals surface area contributed by atoms with E-state index in [1.165, 1.54) is 0 Å². The molecule has 0 unspecified atom stereocenters. The van der Waals surface area contributed by atoms with Crippen molar-refractivity contribution in [2.75, 3.05) is 19.6 Å². The lowest BCUT2D eigenvalue weighted by molar-refractivity contribution is -0.146. The molecule has 5 heterocycles. The third-order valence-corrected chi connectivity index (χ3v) is 9.36. The molecule has 0 radical (unpaired) electrons. The largest absolute Gasteiger partial charge is 0.353 e.